The van der Waals surface area contributed by atoms with Crippen molar-refractivity contribution in [2.75, 3.05) is 7.05 Å². The normalized spacial score (nSPS) is 15.2. The molecule has 4 heteroatoms. The first-order valence-electron chi connectivity index (χ1n) is 5.16. The number of rotatable bonds is 2. The number of ketones is 1. The van der Waals surface area contributed by atoms with Crippen LogP contribution in [-0.2, 0) is 9.59 Å². The highest BCUT2D eigenvalue weighted by Crippen LogP contribution is 2.22. The molecule has 17 heavy (non-hydrogen) atoms. The highest BCUT2D eigenvalue weighted by Gasteiger charge is 2.28. The van der Waals surface area contributed by atoms with Crippen LogP contribution in [-0.4, -0.2) is 29.5 Å². The summed E-state index contributed by atoms with van der Waals surface area (Å²) >= 11 is 0. The fourth-order valence-corrected chi connectivity index (χ4v) is 1.65. The topological polar surface area (TPSA) is 54.5 Å². The molecule has 0 unspecified atom stereocenters. The van der Waals surface area contributed by atoms with Crippen LogP contribution >= 0.6 is 0 Å². The van der Waals surface area contributed by atoms with E-state index in [1.807, 2.05) is 0 Å². The number of amides is 2. The summed E-state index contributed by atoms with van der Waals surface area (Å²) < 4.78 is 0. The lowest BCUT2D eigenvalue weighted by Crippen LogP contribution is -2.25. The van der Waals surface area contributed by atoms with Crippen molar-refractivity contribution in [2.24, 2.45) is 0 Å². The fourth-order valence-electron chi connectivity index (χ4n) is 1.65. The van der Waals surface area contributed by atoms with Crippen LogP contribution in [0, 0.1) is 0 Å². The van der Waals surface area contributed by atoms with Crippen LogP contribution in [0.5, 0.6) is 0 Å². The van der Waals surface area contributed by atoms with Crippen molar-refractivity contribution in [1.29, 1.82) is 0 Å². The van der Waals surface area contributed by atoms with Gasteiger partial charge in [0, 0.05) is 18.7 Å². The van der Waals surface area contributed by atoms with Gasteiger partial charge in [0.2, 0.25) is 0 Å². The van der Waals surface area contributed by atoms with Crippen LogP contribution in [0.4, 0.5) is 0 Å². The molecule has 0 aromatic heterocycles. The van der Waals surface area contributed by atoms with Crippen LogP contribution < -0.4 is 0 Å². The summed E-state index contributed by atoms with van der Waals surface area (Å²) in [5, 5.41) is 0. The second-order valence-corrected chi connectivity index (χ2v) is 3.89. The Morgan fingerprint density at radius 2 is 1.71 bits per heavy atom. The minimum atomic E-state index is -0.319. The Morgan fingerprint density at radius 1 is 1.12 bits per heavy atom. The molecule has 0 saturated heterocycles. The number of nitrogens with zero attached hydrogens (tertiary/aromatic N) is 1. The molecular weight excluding hydrogens is 218 g/mol. The average molecular weight is 229 g/mol. The van der Waals surface area contributed by atoms with Gasteiger partial charge in [0.15, 0.2) is 5.78 Å². The molecule has 1 aromatic rings. The maximum absolute atomic E-state index is 11.7. The van der Waals surface area contributed by atoms with E-state index in [2.05, 4.69) is 0 Å². The Labute approximate surface area is 98.5 Å². The van der Waals surface area contributed by atoms with E-state index in [4.69, 9.17) is 0 Å². The molecule has 1 aromatic carbocycles. The molecule has 0 radical (unpaired) electrons. The Bertz CT molecular complexity index is 540. The molecule has 2 rings (SSSR count). The van der Waals surface area contributed by atoms with Gasteiger partial charge in [-0.15, -0.1) is 0 Å². The highest BCUT2D eigenvalue weighted by molar-refractivity contribution is 6.33. The van der Waals surface area contributed by atoms with Crippen molar-refractivity contribution in [3.8, 4) is 0 Å². The Kier molecular flexibility index (Phi) is 2.63. The van der Waals surface area contributed by atoms with E-state index in [0.717, 1.165) is 4.90 Å². The molecule has 0 aliphatic carbocycles. The zero-order valence-corrected chi connectivity index (χ0v) is 9.56. The molecule has 0 fully saturated rings. The lowest BCUT2D eigenvalue weighted by molar-refractivity contribution is -0.134. The summed E-state index contributed by atoms with van der Waals surface area (Å²) in [5.74, 6) is -0.664. The minimum Gasteiger partial charge on any atom is -0.295 e. The van der Waals surface area contributed by atoms with E-state index in [-0.39, 0.29) is 17.6 Å². The maximum atomic E-state index is 11.7. The molecule has 2 amide bonds. The Morgan fingerprint density at radius 3 is 2.12 bits per heavy atom. The van der Waals surface area contributed by atoms with Crippen molar-refractivity contribution in [3.05, 3.63) is 41.5 Å². The van der Waals surface area contributed by atoms with Crippen molar-refractivity contribution >= 4 is 23.2 Å². The zero-order chi connectivity index (χ0) is 12.6. The molecule has 0 bridgehead atoms. The zero-order valence-electron chi connectivity index (χ0n) is 9.56. The summed E-state index contributed by atoms with van der Waals surface area (Å²) in [4.78, 5) is 35.2. The van der Waals surface area contributed by atoms with Gasteiger partial charge < -0.3 is 0 Å². The third-order valence-corrected chi connectivity index (χ3v) is 2.74. The Balaban J connectivity index is 2.36. The van der Waals surface area contributed by atoms with Crippen LogP contribution in [0.25, 0.3) is 5.57 Å². The first-order valence-corrected chi connectivity index (χ1v) is 5.16. The van der Waals surface area contributed by atoms with E-state index in [9.17, 15) is 14.4 Å². The van der Waals surface area contributed by atoms with Gasteiger partial charge in [0.05, 0.1) is 5.57 Å². The summed E-state index contributed by atoms with van der Waals surface area (Å²) in [6, 6.07) is 6.64. The number of Topliss-reactive ketones (excluding diaryl/α,β-unsaturated/α-hetero) is 1. The van der Waals surface area contributed by atoms with Crippen LogP contribution in [0.15, 0.2) is 30.3 Å². The third kappa shape index (κ3) is 1.89. The minimum absolute atomic E-state index is 0.0310. The first-order chi connectivity index (χ1) is 8.00. The summed E-state index contributed by atoms with van der Waals surface area (Å²) in [7, 11) is 1.44. The average Bonchev–Trinajstić information content (AvgIpc) is 2.57. The molecule has 1 aliphatic heterocycles. The largest absolute Gasteiger partial charge is 0.295 e. The summed E-state index contributed by atoms with van der Waals surface area (Å²) in [5.41, 5.74) is 1.60. The number of likely N-dealkylation sites (N-methyl/N-ethyl adjacent to an activating group) is 1. The Hall–Kier alpha value is -2.23. The molecular formula is C13H11NO3. The van der Waals surface area contributed by atoms with Crippen molar-refractivity contribution in [1.82, 2.24) is 4.90 Å². The molecule has 0 saturated carbocycles. The maximum Gasteiger partial charge on any atom is 0.261 e. The van der Waals surface area contributed by atoms with E-state index in [1.165, 1.54) is 20.0 Å². The van der Waals surface area contributed by atoms with Gasteiger partial charge in [-0.1, -0.05) is 24.3 Å². The molecule has 1 heterocycles. The molecule has 4 nitrogen and oxygen atoms in total. The van der Waals surface area contributed by atoms with E-state index in [0.29, 0.717) is 16.7 Å². The van der Waals surface area contributed by atoms with Crippen LogP contribution in [0.2, 0.25) is 0 Å². The standard InChI is InChI=1S/C13H11NO3/c1-8(15)9-3-5-10(6-4-9)11-7-12(16)14(2)13(11)17/h3-7H,1-2H3. The SMILES string of the molecule is CC(=O)c1ccc(C2=CC(=O)N(C)C2=O)cc1. The molecule has 86 valence electrons. The number of benzene rings is 1. The summed E-state index contributed by atoms with van der Waals surface area (Å²) in [6.07, 6.45) is 1.31. The molecule has 0 atom stereocenters. The first kappa shape index (κ1) is 11.3. The lowest BCUT2D eigenvalue weighted by atomic mass is 10.0. The van der Waals surface area contributed by atoms with E-state index in [1.54, 1.807) is 24.3 Å². The number of hydrogen-bond donors (Lipinski definition) is 0. The summed E-state index contributed by atoms with van der Waals surface area (Å²) in [6.45, 7) is 1.48. The number of carbonyl (C=O) groups excluding carboxylic acids is 3. The van der Waals surface area contributed by atoms with Gasteiger partial charge in [0.25, 0.3) is 11.8 Å². The van der Waals surface area contributed by atoms with Gasteiger partial charge in [-0.05, 0) is 12.5 Å². The predicted molar refractivity (Wildman–Crippen MR) is 62.2 cm³/mol. The predicted octanol–water partition coefficient (Wildman–Crippen LogP) is 1.27. The van der Waals surface area contributed by atoms with Gasteiger partial charge in [-0.2, -0.15) is 0 Å². The molecule has 1 aliphatic rings. The monoisotopic (exact) mass is 229 g/mol. The van der Waals surface area contributed by atoms with Gasteiger partial charge in [-0.3, -0.25) is 19.3 Å². The number of hydrogen-bond acceptors (Lipinski definition) is 3. The van der Waals surface area contributed by atoms with Crippen molar-refractivity contribution in [2.45, 2.75) is 6.92 Å². The highest BCUT2D eigenvalue weighted by atomic mass is 16.2. The third-order valence-electron chi connectivity index (χ3n) is 2.74. The van der Waals surface area contributed by atoms with Crippen molar-refractivity contribution < 1.29 is 14.4 Å². The number of carbonyl (C=O) groups is 3. The van der Waals surface area contributed by atoms with E-state index >= 15 is 0 Å². The van der Waals surface area contributed by atoms with Gasteiger partial charge in [-0.25, -0.2) is 0 Å². The number of imide groups is 1. The lowest BCUT2D eigenvalue weighted by Gasteiger charge is -2.07. The smallest absolute Gasteiger partial charge is 0.261 e. The van der Waals surface area contributed by atoms with E-state index < -0.39 is 0 Å². The van der Waals surface area contributed by atoms with Crippen LogP contribution in [0.1, 0.15) is 22.8 Å². The van der Waals surface area contributed by atoms with Gasteiger partial charge >= 0.3 is 0 Å². The second-order valence-electron chi connectivity index (χ2n) is 3.89. The second kappa shape index (κ2) is 3.97. The fraction of sp³-hybridized carbons (Fsp3) is 0.154. The van der Waals surface area contributed by atoms with Crippen molar-refractivity contribution in [3.63, 3.8) is 0 Å². The quantitative estimate of drug-likeness (QED) is 0.567. The molecule has 0 N–H and O–H groups in total. The molecule has 0 spiro atoms. The van der Waals surface area contributed by atoms with Gasteiger partial charge in [0.1, 0.15) is 0 Å². The van der Waals surface area contributed by atoms with Crippen LogP contribution in [0.3, 0.4) is 0 Å².